The van der Waals surface area contributed by atoms with Crippen LogP contribution in [0.15, 0.2) is 0 Å². The standard InChI is InChI=1S/C11H22N2/c1-2-3-9-6-10(9)7-13-5-4-11(12)8-13/h9-11H,2-8,12H2,1H3. The summed E-state index contributed by atoms with van der Waals surface area (Å²) in [5, 5.41) is 0. The predicted octanol–water partition coefficient (Wildman–Crippen LogP) is 1.46. The van der Waals surface area contributed by atoms with Crippen LogP contribution in [0.5, 0.6) is 0 Å². The minimum Gasteiger partial charge on any atom is -0.326 e. The molecule has 2 fully saturated rings. The van der Waals surface area contributed by atoms with Crippen molar-refractivity contribution >= 4 is 0 Å². The lowest BCUT2D eigenvalue weighted by atomic mass is 10.2. The number of hydrogen-bond donors (Lipinski definition) is 1. The van der Waals surface area contributed by atoms with Gasteiger partial charge in [-0.2, -0.15) is 0 Å². The zero-order chi connectivity index (χ0) is 9.26. The van der Waals surface area contributed by atoms with E-state index in [9.17, 15) is 0 Å². The molecule has 1 aliphatic carbocycles. The lowest BCUT2D eigenvalue weighted by Gasteiger charge is -2.14. The van der Waals surface area contributed by atoms with Gasteiger partial charge in [-0.1, -0.05) is 19.8 Å². The molecule has 0 amide bonds. The summed E-state index contributed by atoms with van der Waals surface area (Å²) in [7, 11) is 0. The van der Waals surface area contributed by atoms with Crippen LogP contribution in [0.25, 0.3) is 0 Å². The van der Waals surface area contributed by atoms with E-state index in [2.05, 4.69) is 11.8 Å². The molecule has 3 atom stereocenters. The Bertz CT molecular complexity index is 169. The van der Waals surface area contributed by atoms with Gasteiger partial charge in [-0.05, 0) is 31.2 Å². The molecule has 1 heterocycles. The maximum Gasteiger partial charge on any atom is 0.0180 e. The van der Waals surface area contributed by atoms with Gasteiger partial charge in [0.2, 0.25) is 0 Å². The van der Waals surface area contributed by atoms with Gasteiger partial charge in [0.05, 0.1) is 0 Å². The van der Waals surface area contributed by atoms with Gasteiger partial charge in [-0.15, -0.1) is 0 Å². The van der Waals surface area contributed by atoms with Crippen molar-refractivity contribution in [2.45, 2.75) is 38.6 Å². The van der Waals surface area contributed by atoms with Gasteiger partial charge in [-0.25, -0.2) is 0 Å². The van der Waals surface area contributed by atoms with Crippen LogP contribution in [0.4, 0.5) is 0 Å². The van der Waals surface area contributed by atoms with E-state index >= 15 is 0 Å². The fourth-order valence-electron chi connectivity index (χ4n) is 2.62. The van der Waals surface area contributed by atoms with Gasteiger partial charge in [0.1, 0.15) is 0 Å². The molecular formula is C11H22N2. The first-order chi connectivity index (χ1) is 6.29. The van der Waals surface area contributed by atoms with Gasteiger partial charge in [-0.3, -0.25) is 0 Å². The van der Waals surface area contributed by atoms with Crippen LogP contribution in [-0.4, -0.2) is 30.6 Å². The molecule has 2 rings (SSSR count). The van der Waals surface area contributed by atoms with E-state index in [0.717, 1.165) is 18.4 Å². The first-order valence-electron chi connectivity index (χ1n) is 5.77. The van der Waals surface area contributed by atoms with Crippen molar-refractivity contribution in [2.24, 2.45) is 17.6 Å². The second-order valence-electron chi connectivity index (χ2n) is 4.85. The zero-order valence-electron chi connectivity index (χ0n) is 8.71. The number of nitrogens with zero attached hydrogens (tertiary/aromatic N) is 1. The molecule has 1 aliphatic heterocycles. The Morgan fingerprint density at radius 2 is 2.23 bits per heavy atom. The smallest absolute Gasteiger partial charge is 0.0180 e. The lowest BCUT2D eigenvalue weighted by molar-refractivity contribution is 0.311. The Morgan fingerprint density at radius 1 is 1.38 bits per heavy atom. The molecule has 3 unspecified atom stereocenters. The fraction of sp³-hybridized carbons (Fsp3) is 1.00. The average molecular weight is 182 g/mol. The van der Waals surface area contributed by atoms with Crippen LogP contribution in [0.2, 0.25) is 0 Å². The van der Waals surface area contributed by atoms with Crippen LogP contribution in [-0.2, 0) is 0 Å². The predicted molar refractivity (Wildman–Crippen MR) is 55.5 cm³/mol. The Kier molecular flexibility index (Phi) is 2.89. The second-order valence-corrected chi connectivity index (χ2v) is 4.85. The van der Waals surface area contributed by atoms with E-state index in [1.54, 1.807) is 0 Å². The Morgan fingerprint density at radius 3 is 2.85 bits per heavy atom. The van der Waals surface area contributed by atoms with Gasteiger partial charge >= 0.3 is 0 Å². The second kappa shape index (κ2) is 3.97. The Hall–Kier alpha value is -0.0800. The molecule has 2 nitrogen and oxygen atoms in total. The summed E-state index contributed by atoms with van der Waals surface area (Å²) in [6.07, 6.45) is 5.51. The summed E-state index contributed by atoms with van der Waals surface area (Å²) < 4.78 is 0. The summed E-state index contributed by atoms with van der Waals surface area (Å²) in [6, 6.07) is 0.461. The van der Waals surface area contributed by atoms with Crippen LogP contribution < -0.4 is 5.73 Å². The van der Waals surface area contributed by atoms with E-state index < -0.39 is 0 Å². The average Bonchev–Trinajstić information content (AvgIpc) is 2.66. The van der Waals surface area contributed by atoms with E-state index in [4.69, 9.17) is 5.73 Å². The molecule has 0 aromatic carbocycles. The zero-order valence-corrected chi connectivity index (χ0v) is 8.71. The van der Waals surface area contributed by atoms with Crippen molar-refractivity contribution in [1.82, 2.24) is 4.90 Å². The fourth-order valence-corrected chi connectivity index (χ4v) is 2.62. The SMILES string of the molecule is CCCC1CC1CN1CCC(N)C1. The third-order valence-electron chi connectivity index (χ3n) is 3.53. The van der Waals surface area contributed by atoms with Gasteiger partial charge in [0.15, 0.2) is 0 Å². The minimum absolute atomic E-state index is 0.461. The van der Waals surface area contributed by atoms with E-state index in [1.807, 2.05) is 0 Å². The maximum atomic E-state index is 5.87. The monoisotopic (exact) mass is 182 g/mol. The molecule has 1 saturated heterocycles. The van der Waals surface area contributed by atoms with Gasteiger partial charge in [0, 0.05) is 19.1 Å². The molecule has 13 heavy (non-hydrogen) atoms. The van der Waals surface area contributed by atoms with Crippen LogP contribution in [0.3, 0.4) is 0 Å². The third-order valence-corrected chi connectivity index (χ3v) is 3.53. The molecule has 2 heteroatoms. The molecule has 76 valence electrons. The molecule has 2 aliphatic rings. The van der Waals surface area contributed by atoms with Gasteiger partial charge < -0.3 is 10.6 Å². The van der Waals surface area contributed by atoms with Crippen molar-refractivity contribution in [2.75, 3.05) is 19.6 Å². The molecule has 2 N–H and O–H groups in total. The molecule has 0 bridgehead atoms. The molecule has 0 aromatic heterocycles. The normalized spacial score (nSPS) is 39.7. The number of rotatable bonds is 4. The summed E-state index contributed by atoms with van der Waals surface area (Å²) in [6.45, 7) is 6.02. The van der Waals surface area contributed by atoms with E-state index in [-0.39, 0.29) is 0 Å². The maximum absolute atomic E-state index is 5.87. The van der Waals surface area contributed by atoms with Crippen LogP contribution in [0, 0.1) is 11.8 Å². The number of likely N-dealkylation sites (tertiary alicyclic amines) is 1. The largest absolute Gasteiger partial charge is 0.326 e. The van der Waals surface area contributed by atoms with Gasteiger partial charge in [0.25, 0.3) is 0 Å². The topological polar surface area (TPSA) is 29.3 Å². The van der Waals surface area contributed by atoms with Crippen molar-refractivity contribution in [3.8, 4) is 0 Å². The van der Waals surface area contributed by atoms with E-state index in [0.29, 0.717) is 6.04 Å². The third kappa shape index (κ3) is 2.44. The highest BCUT2D eigenvalue weighted by Gasteiger charge is 2.37. The Labute approximate surface area is 81.5 Å². The number of hydrogen-bond acceptors (Lipinski definition) is 2. The molecule has 0 radical (unpaired) electrons. The summed E-state index contributed by atoms with van der Waals surface area (Å²) in [5.74, 6) is 2.08. The summed E-state index contributed by atoms with van der Waals surface area (Å²) >= 11 is 0. The van der Waals surface area contributed by atoms with Crippen molar-refractivity contribution in [1.29, 1.82) is 0 Å². The molecule has 0 spiro atoms. The molecular weight excluding hydrogens is 160 g/mol. The van der Waals surface area contributed by atoms with Crippen molar-refractivity contribution in [3.05, 3.63) is 0 Å². The molecule has 1 saturated carbocycles. The van der Waals surface area contributed by atoms with Crippen LogP contribution in [0.1, 0.15) is 32.6 Å². The minimum atomic E-state index is 0.461. The van der Waals surface area contributed by atoms with E-state index in [1.165, 1.54) is 38.8 Å². The first-order valence-corrected chi connectivity index (χ1v) is 5.77. The highest BCUT2D eigenvalue weighted by atomic mass is 15.2. The molecule has 0 aromatic rings. The summed E-state index contributed by atoms with van der Waals surface area (Å²) in [4.78, 5) is 2.56. The highest BCUT2D eigenvalue weighted by Crippen LogP contribution is 2.42. The van der Waals surface area contributed by atoms with Crippen molar-refractivity contribution in [3.63, 3.8) is 0 Å². The quantitative estimate of drug-likeness (QED) is 0.713. The number of nitrogens with two attached hydrogens (primary N) is 1. The first kappa shape index (κ1) is 9.47. The van der Waals surface area contributed by atoms with Crippen LogP contribution >= 0.6 is 0 Å². The lowest BCUT2D eigenvalue weighted by Crippen LogP contribution is -2.28. The Balaban J connectivity index is 1.64. The van der Waals surface area contributed by atoms with Crippen molar-refractivity contribution < 1.29 is 0 Å². The summed E-state index contributed by atoms with van der Waals surface area (Å²) in [5.41, 5.74) is 5.87. The highest BCUT2D eigenvalue weighted by molar-refractivity contribution is 4.90.